The van der Waals surface area contributed by atoms with Crippen LogP contribution in [-0.4, -0.2) is 36.8 Å². The molecule has 1 unspecified atom stereocenters. The van der Waals surface area contributed by atoms with E-state index in [9.17, 15) is 9.59 Å². The van der Waals surface area contributed by atoms with Crippen LogP contribution in [0.25, 0.3) is 0 Å². The Labute approximate surface area is 177 Å². The minimum Gasteiger partial charge on any atom is -0.325 e. The topological polar surface area (TPSA) is 102 Å². The summed E-state index contributed by atoms with van der Waals surface area (Å²) in [6, 6.07) is 7.59. The molecule has 0 saturated heterocycles. The number of nitrogens with zero attached hydrogens (tertiary/aromatic N) is 4. The van der Waals surface area contributed by atoms with Crippen LogP contribution < -0.4 is 10.6 Å². The minimum absolute atomic E-state index is 0.0946. The lowest BCUT2D eigenvalue weighted by Gasteiger charge is -2.10. The molecule has 3 aromatic rings. The number of thioether (sulfide) groups is 1. The summed E-state index contributed by atoms with van der Waals surface area (Å²) in [7, 11) is 1.79. The third-order valence-corrected chi connectivity index (χ3v) is 6.17. The number of hydrogen-bond donors (Lipinski definition) is 2. The summed E-state index contributed by atoms with van der Waals surface area (Å²) < 4.78 is 1.74. The van der Waals surface area contributed by atoms with E-state index in [1.54, 1.807) is 18.5 Å². The van der Waals surface area contributed by atoms with Gasteiger partial charge in [0.15, 0.2) is 10.3 Å². The van der Waals surface area contributed by atoms with E-state index in [1.165, 1.54) is 23.1 Å². The average molecular weight is 431 g/mol. The molecule has 0 bridgehead atoms. The lowest BCUT2D eigenvalue weighted by Crippen LogP contribution is -2.23. The van der Waals surface area contributed by atoms with Crippen molar-refractivity contribution in [2.45, 2.75) is 37.6 Å². The average Bonchev–Trinajstić information content (AvgIpc) is 3.23. The summed E-state index contributed by atoms with van der Waals surface area (Å²) >= 11 is 2.67. The summed E-state index contributed by atoms with van der Waals surface area (Å²) in [5.41, 5.74) is 2.63. The third kappa shape index (κ3) is 5.42. The second-order valence-electron chi connectivity index (χ2n) is 6.54. The molecule has 1 aromatic carbocycles. The van der Waals surface area contributed by atoms with Crippen molar-refractivity contribution in [1.29, 1.82) is 0 Å². The Bertz CT molecular complexity index is 1030. The van der Waals surface area contributed by atoms with E-state index >= 15 is 0 Å². The highest BCUT2D eigenvalue weighted by atomic mass is 32.2. The summed E-state index contributed by atoms with van der Waals surface area (Å²) in [6.07, 6.45) is 0.0946. The van der Waals surface area contributed by atoms with Gasteiger partial charge in [-0.15, -0.1) is 21.5 Å². The normalized spacial score (nSPS) is 11.9. The smallest absolute Gasteiger partial charge is 0.239 e. The van der Waals surface area contributed by atoms with Crippen LogP contribution in [0.15, 0.2) is 34.8 Å². The molecule has 0 aliphatic carbocycles. The van der Waals surface area contributed by atoms with E-state index in [1.807, 2.05) is 43.5 Å². The van der Waals surface area contributed by atoms with Crippen LogP contribution >= 0.6 is 23.1 Å². The molecule has 0 aliphatic rings. The summed E-state index contributed by atoms with van der Waals surface area (Å²) in [6.45, 7) is 5.60. The van der Waals surface area contributed by atoms with Gasteiger partial charge in [0.05, 0.1) is 17.4 Å². The summed E-state index contributed by atoms with van der Waals surface area (Å²) in [5.74, 6) is 0.198. The molecule has 2 amide bonds. The number of rotatable bonds is 7. The quantitative estimate of drug-likeness (QED) is 0.558. The number of aromatic nitrogens is 4. The molecule has 0 saturated carbocycles. The monoisotopic (exact) mass is 430 g/mol. The number of amides is 2. The molecule has 1 atom stereocenters. The van der Waals surface area contributed by atoms with Gasteiger partial charge in [0, 0.05) is 18.1 Å². The van der Waals surface area contributed by atoms with Crippen LogP contribution in [0.2, 0.25) is 0 Å². The van der Waals surface area contributed by atoms with Crippen molar-refractivity contribution >= 4 is 45.7 Å². The van der Waals surface area contributed by atoms with Crippen molar-refractivity contribution in [2.75, 3.05) is 10.6 Å². The molecule has 0 aliphatic heterocycles. The highest BCUT2D eigenvalue weighted by Crippen LogP contribution is 2.24. The molecule has 10 heteroatoms. The first-order chi connectivity index (χ1) is 13.8. The summed E-state index contributed by atoms with van der Waals surface area (Å²) in [5, 5.41) is 16.6. The number of thiazole rings is 1. The number of para-hydroxylation sites is 1. The Morgan fingerprint density at radius 1 is 1.21 bits per heavy atom. The molecule has 0 fully saturated rings. The van der Waals surface area contributed by atoms with Crippen LogP contribution in [0, 0.1) is 13.8 Å². The van der Waals surface area contributed by atoms with Crippen LogP contribution in [0.1, 0.15) is 24.0 Å². The maximum absolute atomic E-state index is 12.4. The molecule has 3 rings (SSSR count). The van der Waals surface area contributed by atoms with Gasteiger partial charge >= 0.3 is 0 Å². The van der Waals surface area contributed by atoms with Gasteiger partial charge in [-0.2, -0.15) is 0 Å². The highest BCUT2D eigenvalue weighted by molar-refractivity contribution is 8.00. The van der Waals surface area contributed by atoms with E-state index in [2.05, 4.69) is 25.8 Å². The maximum Gasteiger partial charge on any atom is 0.239 e. The third-order valence-electron chi connectivity index (χ3n) is 4.16. The first-order valence-electron chi connectivity index (χ1n) is 8.97. The van der Waals surface area contributed by atoms with E-state index < -0.39 is 5.25 Å². The first-order valence-corrected chi connectivity index (χ1v) is 10.7. The number of nitrogens with one attached hydrogen (secondary N) is 2. The van der Waals surface area contributed by atoms with Crippen molar-refractivity contribution in [3.05, 3.63) is 46.7 Å². The Morgan fingerprint density at radius 3 is 2.66 bits per heavy atom. The second-order valence-corrected chi connectivity index (χ2v) is 8.71. The van der Waals surface area contributed by atoms with Gasteiger partial charge in [0.1, 0.15) is 5.82 Å². The van der Waals surface area contributed by atoms with Crippen LogP contribution in [0.3, 0.4) is 0 Å². The fraction of sp³-hybridized carbons (Fsp3) is 0.316. The zero-order valence-corrected chi connectivity index (χ0v) is 18.2. The van der Waals surface area contributed by atoms with Gasteiger partial charge in [0.2, 0.25) is 11.8 Å². The SMILES string of the molecule is Cc1csc(NC(=O)C(C)Sc2nnc(CC(=O)Nc3ccccc3C)n2C)n1. The van der Waals surface area contributed by atoms with Crippen molar-refractivity contribution in [3.8, 4) is 0 Å². The molecular weight excluding hydrogens is 408 g/mol. The van der Waals surface area contributed by atoms with Gasteiger partial charge in [0.25, 0.3) is 0 Å². The number of aryl methyl sites for hydroxylation is 2. The number of hydrogen-bond acceptors (Lipinski definition) is 7. The predicted octanol–water partition coefficient (Wildman–Crippen LogP) is 3.19. The zero-order chi connectivity index (χ0) is 21.0. The van der Waals surface area contributed by atoms with Crippen LogP contribution in [0.5, 0.6) is 0 Å². The van der Waals surface area contributed by atoms with Crippen LogP contribution in [0.4, 0.5) is 10.8 Å². The lowest BCUT2D eigenvalue weighted by atomic mass is 10.2. The van der Waals surface area contributed by atoms with Gasteiger partial charge in [-0.1, -0.05) is 30.0 Å². The molecule has 0 radical (unpaired) electrons. The van der Waals surface area contributed by atoms with E-state index in [0.717, 1.165) is 16.9 Å². The van der Waals surface area contributed by atoms with Crippen molar-refractivity contribution in [1.82, 2.24) is 19.7 Å². The van der Waals surface area contributed by atoms with Crippen molar-refractivity contribution in [2.24, 2.45) is 7.05 Å². The second kappa shape index (κ2) is 9.19. The fourth-order valence-corrected chi connectivity index (χ4v) is 4.01. The van der Waals surface area contributed by atoms with Gasteiger partial charge < -0.3 is 15.2 Å². The van der Waals surface area contributed by atoms with Gasteiger partial charge in [-0.3, -0.25) is 9.59 Å². The molecule has 152 valence electrons. The highest BCUT2D eigenvalue weighted by Gasteiger charge is 2.20. The number of carbonyl (C=O) groups is 2. The van der Waals surface area contributed by atoms with Crippen molar-refractivity contribution < 1.29 is 9.59 Å². The predicted molar refractivity (Wildman–Crippen MR) is 115 cm³/mol. The molecule has 2 aromatic heterocycles. The fourth-order valence-electron chi connectivity index (χ4n) is 2.48. The van der Waals surface area contributed by atoms with E-state index in [0.29, 0.717) is 16.1 Å². The Kier molecular flexibility index (Phi) is 6.65. The molecule has 2 heterocycles. The van der Waals surface area contributed by atoms with Gasteiger partial charge in [-0.05, 0) is 32.4 Å². The largest absolute Gasteiger partial charge is 0.325 e. The minimum atomic E-state index is -0.393. The lowest BCUT2D eigenvalue weighted by molar-refractivity contribution is -0.116. The molecule has 8 nitrogen and oxygen atoms in total. The molecule has 2 N–H and O–H groups in total. The maximum atomic E-state index is 12.4. The van der Waals surface area contributed by atoms with E-state index in [4.69, 9.17) is 0 Å². The van der Waals surface area contributed by atoms with Gasteiger partial charge in [-0.25, -0.2) is 4.98 Å². The summed E-state index contributed by atoms with van der Waals surface area (Å²) in [4.78, 5) is 29.0. The first kappa shape index (κ1) is 21.0. The van der Waals surface area contributed by atoms with Crippen molar-refractivity contribution in [3.63, 3.8) is 0 Å². The zero-order valence-electron chi connectivity index (χ0n) is 16.6. The van der Waals surface area contributed by atoms with E-state index in [-0.39, 0.29) is 18.2 Å². The molecule has 0 spiro atoms. The standard InChI is InChI=1S/C19H22N6O2S2/c1-11-7-5-6-8-14(11)21-16(26)9-15-23-24-19(25(15)4)29-13(3)17(27)22-18-20-12(2)10-28-18/h5-8,10,13H,9H2,1-4H3,(H,21,26)(H,20,22,27). The number of anilines is 2. The molecule has 29 heavy (non-hydrogen) atoms. The molecular formula is C19H22N6O2S2. The Balaban J connectivity index is 1.59. The Morgan fingerprint density at radius 2 is 1.97 bits per heavy atom. The van der Waals surface area contributed by atoms with Crippen LogP contribution in [-0.2, 0) is 23.1 Å². The number of benzene rings is 1. The number of carbonyl (C=O) groups excluding carboxylic acids is 2. The Hall–Kier alpha value is -2.72.